The van der Waals surface area contributed by atoms with Gasteiger partial charge in [0, 0.05) is 43.4 Å². The van der Waals surface area contributed by atoms with Crippen LogP contribution in [0.3, 0.4) is 0 Å². The van der Waals surface area contributed by atoms with Crippen LogP contribution in [-0.4, -0.2) is 59.2 Å². The SMILES string of the molecule is COc1cc(C(=O)N2CCC3(CC2)c2c(F)cc(C(F)(F)F)n2CCN3C)ccc1C1(O)CCC1. The minimum atomic E-state index is -4.63. The number of rotatable bonds is 3. The number of alkyl halides is 3. The molecule has 1 spiro atoms. The van der Waals surface area contributed by atoms with E-state index in [0.29, 0.717) is 55.2 Å². The van der Waals surface area contributed by atoms with Crippen LogP contribution in [0, 0.1) is 5.82 Å². The Morgan fingerprint density at radius 2 is 1.74 bits per heavy atom. The predicted molar refractivity (Wildman–Crippen MR) is 120 cm³/mol. The standard InChI is InChI=1S/C25H29F4N3O3/c1-30-12-13-32-20(25(27,28)29)15-18(26)21(32)23(30)8-10-31(11-9-23)22(33)16-4-5-17(19(14-16)35-2)24(34)6-3-7-24/h4-5,14-15,34H,3,6-13H2,1-2H3. The van der Waals surface area contributed by atoms with Crippen molar-refractivity contribution in [3.05, 3.63) is 52.6 Å². The third kappa shape index (κ3) is 3.72. The molecule has 1 saturated carbocycles. The molecule has 10 heteroatoms. The predicted octanol–water partition coefficient (Wildman–Crippen LogP) is 4.10. The van der Waals surface area contributed by atoms with E-state index in [2.05, 4.69) is 0 Å². The van der Waals surface area contributed by atoms with Gasteiger partial charge >= 0.3 is 6.18 Å². The first-order valence-corrected chi connectivity index (χ1v) is 11.9. The molecule has 190 valence electrons. The molecule has 0 bridgehead atoms. The summed E-state index contributed by atoms with van der Waals surface area (Å²) < 4.78 is 62.0. The second-order valence-electron chi connectivity index (χ2n) is 9.92. The van der Waals surface area contributed by atoms with Gasteiger partial charge in [0.1, 0.15) is 17.3 Å². The number of carbonyl (C=O) groups is 1. The molecule has 0 unspecified atom stereocenters. The Kier molecular flexibility index (Phi) is 5.67. The van der Waals surface area contributed by atoms with E-state index in [1.807, 2.05) is 4.90 Å². The molecule has 35 heavy (non-hydrogen) atoms. The highest BCUT2D eigenvalue weighted by molar-refractivity contribution is 5.95. The fourth-order valence-corrected chi connectivity index (χ4v) is 5.97. The van der Waals surface area contributed by atoms with Crippen molar-refractivity contribution in [2.45, 2.75) is 56.0 Å². The molecule has 1 aromatic heterocycles. The van der Waals surface area contributed by atoms with Crippen LogP contribution in [0.25, 0.3) is 0 Å². The maximum atomic E-state index is 14.9. The van der Waals surface area contributed by atoms with Gasteiger partial charge in [-0.2, -0.15) is 13.2 Å². The zero-order valence-corrected chi connectivity index (χ0v) is 19.8. The van der Waals surface area contributed by atoms with Crippen LogP contribution in [-0.2, 0) is 23.9 Å². The van der Waals surface area contributed by atoms with E-state index in [4.69, 9.17) is 4.74 Å². The van der Waals surface area contributed by atoms with Gasteiger partial charge in [0.05, 0.1) is 23.9 Å². The van der Waals surface area contributed by atoms with Crippen LogP contribution in [0.4, 0.5) is 17.6 Å². The van der Waals surface area contributed by atoms with Gasteiger partial charge in [-0.25, -0.2) is 4.39 Å². The second kappa shape index (κ2) is 8.23. The Labute approximate surface area is 201 Å². The van der Waals surface area contributed by atoms with Crippen molar-refractivity contribution in [1.29, 1.82) is 0 Å². The molecule has 6 nitrogen and oxygen atoms in total. The van der Waals surface area contributed by atoms with Crippen LogP contribution in [0.2, 0.25) is 0 Å². The van der Waals surface area contributed by atoms with Crippen molar-refractivity contribution in [1.82, 2.24) is 14.4 Å². The van der Waals surface area contributed by atoms with Gasteiger partial charge in [-0.3, -0.25) is 9.69 Å². The zero-order valence-electron chi connectivity index (χ0n) is 19.8. The molecule has 0 radical (unpaired) electrons. The van der Waals surface area contributed by atoms with E-state index in [1.165, 1.54) is 7.11 Å². The topological polar surface area (TPSA) is 57.9 Å². The van der Waals surface area contributed by atoms with Crippen molar-refractivity contribution in [3.63, 3.8) is 0 Å². The number of piperidine rings is 1. The molecule has 3 aliphatic rings. The van der Waals surface area contributed by atoms with Crippen LogP contribution >= 0.6 is 0 Å². The summed E-state index contributed by atoms with van der Waals surface area (Å²) in [7, 11) is 3.30. The Morgan fingerprint density at radius 1 is 1.06 bits per heavy atom. The number of hydrogen-bond donors (Lipinski definition) is 1. The van der Waals surface area contributed by atoms with Crippen molar-refractivity contribution in [3.8, 4) is 5.75 Å². The number of benzene rings is 1. The van der Waals surface area contributed by atoms with Crippen LogP contribution in [0.5, 0.6) is 5.75 Å². The number of hydrogen-bond acceptors (Lipinski definition) is 4. The lowest BCUT2D eigenvalue weighted by atomic mass is 9.74. The Bertz CT molecular complexity index is 1150. The maximum absolute atomic E-state index is 14.9. The lowest BCUT2D eigenvalue weighted by Crippen LogP contribution is -2.57. The fraction of sp³-hybridized carbons (Fsp3) is 0.560. The third-order valence-electron chi connectivity index (χ3n) is 8.18. The Balaban J connectivity index is 1.38. The molecule has 1 aliphatic carbocycles. The number of fused-ring (bicyclic) bond motifs is 2. The number of aromatic nitrogens is 1. The Morgan fingerprint density at radius 3 is 2.31 bits per heavy atom. The minimum Gasteiger partial charge on any atom is -0.496 e. The number of aliphatic hydroxyl groups is 1. The number of amides is 1. The zero-order chi connectivity index (χ0) is 25.2. The smallest absolute Gasteiger partial charge is 0.431 e. The van der Waals surface area contributed by atoms with Crippen LogP contribution in [0.15, 0.2) is 24.3 Å². The van der Waals surface area contributed by atoms with E-state index in [0.717, 1.165) is 11.0 Å². The molecule has 0 atom stereocenters. The van der Waals surface area contributed by atoms with Gasteiger partial charge in [0.15, 0.2) is 0 Å². The quantitative estimate of drug-likeness (QED) is 0.652. The van der Waals surface area contributed by atoms with Gasteiger partial charge in [0.25, 0.3) is 5.91 Å². The van der Waals surface area contributed by atoms with E-state index in [1.54, 1.807) is 30.1 Å². The lowest BCUT2D eigenvalue weighted by Gasteiger charge is -2.50. The first-order valence-electron chi connectivity index (χ1n) is 11.9. The first kappa shape index (κ1) is 24.1. The van der Waals surface area contributed by atoms with E-state index in [-0.39, 0.29) is 31.2 Å². The van der Waals surface area contributed by atoms with Crippen molar-refractivity contribution < 1.29 is 32.2 Å². The third-order valence-corrected chi connectivity index (χ3v) is 8.18. The Hall–Kier alpha value is -2.59. The second-order valence-corrected chi connectivity index (χ2v) is 9.92. The summed E-state index contributed by atoms with van der Waals surface area (Å²) in [6.07, 6.45) is -1.77. The molecule has 3 heterocycles. The fourth-order valence-electron chi connectivity index (χ4n) is 5.97. The average molecular weight is 496 g/mol. The summed E-state index contributed by atoms with van der Waals surface area (Å²) in [5.74, 6) is -0.619. The number of carbonyl (C=O) groups excluding carboxylic acids is 1. The number of ether oxygens (including phenoxy) is 1. The molecular formula is C25H29F4N3O3. The summed E-state index contributed by atoms with van der Waals surface area (Å²) in [5.41, 5.74) is -1.65. The minimum absolute atomic E-state index is 0.0606. The normalized spacial score (nSPS) is 21.5. The number of halogens is 4. The average Bonchev–Trinajstić information content (AvgIpc) is 3.17. The van der Waals surface area contributed by atoms with Gasteiger partial charge in [0.2, 0.25) is 0 Å². The van der Waals surface area contributed by atoms with Crippen molar-refractivity contribution >= 4 is 5.91 Å². The molecule has 1 N–H and O–H groups in total. The number of methoxy groups -OCH3 is 1. The van der Waals surface area contributed by atoms with E-state index < -0.39 is 28.8 Å². The number of nitrogens with zero attached hydrogens (tertiary/aromatic N) is 3. The molecule has 1 aromatic carbocycles. The summed E-state index contributed by atoms with van der Waals surface area (Å²) >= 11 is 0. The van der Waals surface area contributed by atoms with Gasteiger partial charge in [-0.15, -0.1) is 0 Å². The molecular weight excluding hydrogens is 466 g/mol. The molecule has 5 rings (SSSR count). The summed E-state index contributed by atoms with van der Waals surface area (Å²) in [5, 5.41) is 10.7. The van der Waals surface area contributed by atoms with Gasteiger partial charge in [-0.1, -0.05) is 6.07 Å². The van der Waals surface area contributed by atoms with E-state index >= 15 is 0 Å². The highest BCUT2D eigenvalue weighted by Crippen LogP contribution is 2.47. The number of likely N-dealkylation sites (N-methyl/N-ethyl adjacent to an activating group) is 1. The monoisotopic (exact) mass is 495 g/mol. The molecule has 1 amide bonds. The lowest BCUT2D eigenvalue weighted by molar-refractivity contribution is -0.144. The molecule has 1 saturated heterocycles. The van der Waals surface area contributed by atoms with Gasteiger partial charge < -0.3 is 19.3 Å². The highest BCUT2D eigenvalue weighted by Gasteiger charge is 2.50. The maximum Gasteiger partial charge on any atom is 0.431 e. The van der Waals surface area contributed by atoms with Crippen molar-refractivity contribution in [2.24, 2.45) is 0 Å². The highest BCUT2D eigenvalue weighted by atomic mass is 19.4. The largest absolute Gasteiger partial charge is 0.496 e. The van der Waals surface area contributed by atoms with Crippen molar-refractivity contribution in [2.75, 3.05) is 33.8 Å². The van der Waals surface area contributed by atoms with E-state index in [9.17, 15) is 27.5 Å². The van der Waals surface area contributed by atoms with Crippen LogP contribution < -0.4 is 4.74 Å². The van der Waals surface area contributed by atoms with Crippen LogP contribution in [0.1, 0.15) is 59.4 Å². The van der Waals surface area contributed by atoms with Gasteiger partial charge in [-0.05, 0) is 51.3 Å². The molecule has 2 aliphatic heterocycles. The molecule has 2 fully saturated rings. The summed E-state index contributed by atoms with van der Waals surface area (Å²) in [6, 6.07) is 5.63. The molecule has 2 aromatic rings. The summed E-state index contributed by atoms with van der Waals surface area (Å²) in [6.45, 7) is 0.986. The summed E-state index contributed by atoms with van der Waals surface area (Å²) in [4.78, 5) is 16.8. The number of likely N-dealkylation sites (tertiary alicyclic amines) is 1. The first-order chi connectivity index (χ1) is 16.5.